The zero-order valence-electron chi connectivity index (χ0n) is 14.3. The topological polar surface area (TPSA) is 74.3 Å². The summed E-state index contributed by atoms with van der Waals surface area (Å²) in [6, 6.07) is 3.72. The van der Waals surface area contributed by atoms with Crippen LogP contribution in [0.5, 0.6) is 0 Å². The van der Waals surface area contributed by atoms with Gasteiger partial charge in [0.2, 0.25) is 11.8 Å². The standard InChI is InChI=1S/C18H26N4O2/c1-13-12-14(13)18(24)20-9-7-16(23)21-15-6-5-8-19-17(15)22-10-3-2-4-11-22/h5-6,8,13-14H,2-4,7,9-12H2,1H3,(H,20,24)(H,21,23)/t13-,14-/m1/s1. The van der Waals surface area contributed by atoms with Crippen LogP contribution in [0.1, 0.15) is 39.0 Å². The lowest BCUT2D eigenvalue weighted by Crippen LogP contribution is -2.32. The Kier molecular flexibility index (Phi) is 5.33. The molecule has 6 nitrogen and oxygen atoms in total. The Labute approximate surface area is 143 Å². The van der Waals surface area contributed by atoms with Gasteiger partial charge in [0.15, 0.2) is 5.82 Å². The van der Waals surface area contributed by atoms with E-state index in [9.17, 15) is 9.59 Å². The van der Waals surface area contributed by atoms with Crippen LogP contribution < -0.4 is 15.5 Å². The molecule has 6 heteroatoms. The average Bonchev–Trinajstić information content (AvgIpc) is 3.33. The molecule has 24 heavy (non-hydrogen) atoms. The van der Waals surface area contributed by atoms with Crippen LogP contribution in [0.3, 0.4) is 0 Å². The molecule has 0 bridgehead atoms. The van der Waals surface area contributed by atoms with Crippen molar-refractivity contribution in [1.29, 1.82) is 0 Å². The largest absolute Gasteiger partial charge is 0.355 e. The summed E-state index contributed by atoms with van der Waals surface area (Å²) < 4.78 is 0. The molecular weight excluding hydrogens is 304 g/mol. The second-order valence-corrected chi connectivity index (χ2v) is 6.83. The zero-order valence-corrected chi connectivity index (χ0v) is 14.3. The van der Waals surface area contributed by atoms with Crippen molar-refractivity contribution in [1.82, 2.24) is 10.3 Å². The van der Waals surface area contributed by atoms with Gasteiger partial charge in [0.25, 0.3) is 0 Å². The van der Waals surface area contributed by atoms with Gasteiger partial charge in [-0.1, -0.05) is 6.92 Å². The highest BCUT2D eigenvalue weighted by atomic mass is 16.2. The minimum atomic E-state index is -0.0922. The molecule has 1 aliphatic heterocycles. The predicted octanol–water partition coefficient (Wildman–Crippen LogP) is 2.17. The van der Waals surface area contributed by atoms with Gasteiger partial charge >= 0.3 is 0 Å². The highest BCUT2D eigenvalue weighted by molar-refractivity contribution is 5.94. The first-order chi connectivity index (χ1) is 11.6. The molecule has 0 radical (unpaired) electrons. The van der Waals surface area contributed by atoms with Crippen LogP contribution in [-0.2, 0) is 9.59 Å². The number of nitrogens with one attached hydrogen (secondary N) is 2. The normalized spacial score (nSPS) is 22.8. The third-order valence-electron chi connectivity index (χ3n) is 4.81. The molecule has 0 spiro atoms. The zero-order chi connectivity index (χ0) is 16.9. The summed E-state index contributed by atoms with van der Waals surface area (Å²) in [5.41, 5.74) is 0.756. The number of nitrogens with zero attached hydrogens (tertiary/aromatic N) is 2. The Morgan fingerprint density at radius 1 is 1.29 bits per heavy atom. The number of anilines is 2. The van der Waals surface area contributed by atoms with Crippen molar-refractivity contribution >= 4 is 23.3 Å². The Balaban J connectivity index is 1.49. The molecule has 2 heterocycles. The molecule has 1 aliphatic carbocycles. The van der Waals surface area contributed by atoms with E-state index in [1.165, 1.54) is 6.42 Å². The molecule has 130 valence electrons. The van der Waals surface area contributed by atoms with Gasteiger partial charge < -0.3 is 15.5 Å². The van der Waals surface area contributed by atoms with Crippen molar-refractivity contribution in [2.75, 3.05) is 29.9 Å². The van der Waals surface area contributed by atoms with Crippen molar-refractivity contribution in [3.8, 4) is 0 Å². The van der Waals surface area contributed by atoms with Crippen molar-refractivity contribution in [2.24, 2.45) is 11.8 Å². The monoisotopic (exact) mass is 330 g/mol. The summed E-state index contributed by atoms with van der Waals surface area (Å²) in [6.45, 7) is 4.42. The van der Waals surface area contributed by atoms with Gasteiger partial charge in [-0.25, -0.2) is 4.98 Å². The summed E-state index contributed by atoms with van der Waals surface area (Å²) >= 11 is 0. The lowest BCUT2D eigenvalue weighted by Gasteiger charge is -2.29. The number of carbonyl (C=O) groups excluding carboxylic acids is 2. The fraction of sp³-hybridized carbons (Fsp3) is 0.611. The molecule has 0 aromatic carbocycles. The molecule has 2 fully saturated rings. The Hall–Kier alpha value is -2.11. The van der Waals surface area contributed by atoms with E-state index in [1.54, 1.807) is 6.20 Å². The lowest BCUT2D eigenvalue weighted by molar-refractivity contribution is -0.122. The van der Waals surface area contributed by atoms with Crippen LogP contribution in [0.15, 0.2) is 18.3 Å². The molecule has 1 aromatic heterocycles. The predicted molar refractivity (Wildman–Crippen MR) is 93.8 cm³/mol. The number of carbonyl (C=O) groups is 2. The van der Waals surface area contributed by atoms with Crippen molar-refractivity contribution in [2.45, 2.75) is 39.0 Å². The van der Waals surface area contributed by atoms with Gasteiger partial charge in [-0.2, -0.15) is 0 Å². The van der Waals surface area contributed by atoms with E-state index in [1.807, 2.05) is 12.1 Å². The van der Waals surface area contributed by atoms with Crippen LogP contribution in [0.25, 0.3) is 0 Å². The summed E-state index contributed by atoms with van der Waals surface area (Å²) in [5, 5.41) is 5.78. The molecule has 2 amide bonds. The average molecular weight is 330 g/mol. The molecule has 2 aliphatic rings. The van der Waals surface area contributed by atoms with E-state index < -0.39 is 0 Å². The molecule has 2 N–H and O–H groups in total. The first-order valence-electron chi connectivity index (χ1n) is 8.92. The third kappa shape index (κ3) is 4.24. The van der Waals surface area contributed by atoms with Crippen LogP contribution in [0.2, 0.25) is 0 Å². The number of piperidine rings is 1. The number of aromatic nitrogens is 1. The van der Waals surface area contributed by atoms with E-state index in [2.05, 4.69) is 27.4 Å². The minimum Gasteiger partial charge on any atom is -0.355 e. The Bertz CT molecular complexity index is 598. The minimum absolute atomic E-state index is 0.0747. The molecule has 3 rings (SSSR count). The molecule has 1 saturated heterocycles. The second kappa shape index (κ2) is 7.64. The first kappa shape index (κ1) is 16.7. The molecule has 0 unspecified atom stereocenters. The van der Waals surface area contributed by atoms with E-state index in [0.29, 0.717) is 12.5 Å². The number of pyridine rings is 1. The number of hydrogen-bond acceptors (Lipinski definition) is 4. The highest BCUT2D eigenvalue weighted by Gasteiger charge is 2.38. The van der Waals surface area contributed by atoms with Crippen molar-refractivity contribution in [3.05, 3.63) is 18.3 Å². The Morgan fingerprint density at radius 3 is 2.75 bits per heavy atom. The number of rotatable bonds is 6. The molecule has 2 atom stereocenters. The highest BCUT2D eigenvalue weighted by Crippen LogP contribution is 2.37. The summed E-state index contributed by atoms with van der Waals surface area (Å²) in [7, 11) is 0. The number of amides is 2. The van der Waals surface area contributed by atoms with Crippen molar-refractivity contribution in [3.63, 3.8) is 0 Å². The fourth-order valence-electron chi connectivity index (χ4n) is 3.18. The molecule has 1 saturated carbocycles. The first-order valence-corrected chi connectivity index (χ1v) is 8.92. The Morgan fingerprint density at radius 2 is 2.04 bits per heavy atom. The van der Waals surface area contributed by atoms with Crippen LogP contribution in [0, 0.1) is 11.8 Å². The quantitative estimate of drug-likeness (QED) is 0.838. The van der Waals surface area contributed by atoms with Gasteiger partial charge in [-0.15, -0.1) is 0 Å². The second-order valence-electron chi connectivity index (χ2n) is 6.83. The lowest BCUT2D eigenvalue weighted by atomic mass is 10.1. The van der Waals surface area contributed by atoms with Gasteiger partial charge in [-0.3, -0.25) is 9.59 Å². The van der Waals surface area contributed by atoms with E-state index in [-0.39, 0.29) is 24.2 Å². The van der Waals surface area contributed by atoms with Gasteiger partial charge in [0.1, 0.15) is 0 Å². The molecule has 1 aromatic rings. The van der Waals surface area contributed by atoms with Crippen LogP contribution in [0.4, 0.5) is 11.5 Å². The van der Waals surface area contributed by atoms with E-state index in [0.717, 1.165) is 43.9 Å². The molecular formula is C18H26N4O2. The summed E-state index contributed by atoms with van der Waals surface area (Å²) in [6.07, 6.45) is 6.58. The van der Waals surface area contributed by atoms with E-state index in [4.69, 9.17) is 0 Å². The maximum atomic E-state index is 12.2. The maximum Gasteiger partial charge on any atom is 0.226 e. The van der Waals surface area contributed by atoms with Crippen LogP contribution >= 0.6 is 0 Å². The van der Waals surface area contributed by atoms with Gasteiger partial charge in [-0.05, 0) is 43.7 Å². The number of hydrogen-bond donors (Lipinski definition) is 2. The maximum absolute atomic E-state index is 12.2. The van der Waals surface area contributed by atoms with Crippen LogP contribution in [-0.4, -0.2) is 36.4 Å². The summed E-state index contributed by atoms with van der Waals surface area (Å²) in [4.78, 5) is 30.6. The van der Waals surface area contributed by atoms with E-state index >= 15 is 0 Å². The SMILES string of the molecule is C[C@@H]1C[C@H]1C(=O)NCCC(=O)Nc1cccnc1N1CCCCC1. The van der Waals surface area contributed by atoms with Gasteiger partial charge in [0.05, 0.1) is 5.69 Å². The van der Waals surface area contributed by atoms with Crippen molar-refractivity contribution < 1.29 is 9.59 Å². The fourth-order valence-corrected chi connectivity index (χ4v) is 3.18. The summed E-state index contributed by atoms with van der Waals surface area (Å²) in [5.74, 6) is 1.47. The smallest absolute Gasteiger partial charge is 0.226 e. The third-order valence-corrected chi connectivity index (χ3v) is 4.81. The van der Waals surface area contributed by atoms with Gasteiger partial charge in [0, 0.05) is 38.2 Å².